The number of ether oxygens (including phenoxy) is 4. The number of rotatable bonds is 6. The quantitative estimate of drug-likeness (QED) is 0.573. The molecule has 27 heavy (non-hydrogen) atoms. The highest BCUT2D eigenvalue weighted by molar-refractivity contribution is 6.14. The molecule has 0 amide bonds. The normalized spacial score (nSPS) is 15.1. The van der Waals surface area contributed by atoms with E-state index < -0.39 is 12.1 Å². The van der Waals surface area contributed by atoms with E-state index in [1.807, 2.05) is 31.2 Å². The fraction of sp³-hybridized carbons (Fsp3) is 0.238. The zero-order valence-electron chi connectivity index (χ0n) is 15.4. The lowest BCUT2D eigenvalue weighted by Gasteiger charge is -2.12. The van der Waals surface area contributed by atoms with Crippen LogP contribution in [-0.4, -0.2) is 31.6 Å². The monoisotopic (exact) mass is 368 g/mol. The van der Waals surface area contributed by atoms with Gasteiger partial charge in [-0.1, -0.05) is 12.1 Å². The van der Waals surface area contributed by atoms with E-state index >= 15 is 0 Å². The lowest BCUT2D eigenvalue weighted by Crippen LogP contribution is -2.24. The first-order valence-corrected chi connectivity index (χ1v) is 8.57. The molecule has 1 atom stereocenters. The minimum Gasteiger partial charge on any atom is -0.494 e. The van der Waals surface area contributed by atoms with Crippen molar-refractivity contribution in [2.75, 3.05) is 13.7 Å². The van der Waals surface area contributed by atoms with Crippen molar-refractivity contribution in [3.05, 3.63) is 59.4 Å². The molecule has 0 saturated carbocycles. The van der Waals surface area contributed by atoms with Crippen molar-refractivity contribution in [2.45, 2.75) is 20.0 Å². The smallest absolute Gasteiger partial charge is 0.346 e. The molecule has 2 aromatic carbocycles. The molecule has 1 heterocycles. The van der Waals surface area contributed by atoms with E-state index in [0.29, 0.717) is 23.7 Å². The summed E-state index contributed by atoms with van der Waals surface area (Å²) in [5.74, 6) is 1.12. The van der Waals surface area contributed by atoms with Crippen molar-refractivity contribution in [2.24, 2.45) is 0 Å². The average Bonchev–Trinajstić information content (AvgIpc) is 2.97. The van der Waals surface area contributed by atoms with Crippen molar-refractivity contribution in [1.29, 1.82) is 0 Å². The Morgan fingerprint density at radius 2 is 1.85 bits per heavy atom. The van der Waals surface area contributed by atoms with Crippen molar-refractivity contribution in [3.63, 3.8) is 0 Å². The molecule has 6 nitrogen and oxygen atoms in total. The predicted molar refractivity (Wildman–Crippen MR) is 99.1 cm³/mol. The van der Waals surface area contributed by atoms with E-state index in [0.717, 1.165) is 11.3 Å². The first-order valence-electron chi connectivity index (χ1n) is 8.57. The fourth-order valence-corrected chi connectivity index (χ4v) is 2.64. The first-order chi connectivity index (χ1) is 13.0. The third-order valence-electron chi connectivity index (χ3n) is 3.98. The maximum Gasteiger partial charge on any atom is 0.346 e. The highest BCUT2D eigenvalue weighted by Gasteiger charge is 2.28. The van der Waals surface area contributed by atoms with Crippen molar-refractivity contribution in [3.8, 4) is 17.2 Å². The SMILES string of the molecule is CCOc1ccc(C=C2Oc3cc(O[C@@H](C)C(=O)OC)ccc3C2=O)cc1. The average molecular weight is 368 g/mol. The number of methoxy groups -OCH3 is 1. The van der Waals surface area contributed by atoms with Gasteiger partial charge in [-0.3, -0.25) is 4.79 Å². The van der Waals surface area contributed by atoms with Crippen LogP contribution in [0, 0.1) is 0 Å². The summed E-state index contributed by atoms with van der Waals surface area (Å²) in [6.45, 7) is 4.10. The molecule has 0 N–H and O–H groups in total. The third kappa shape index (κ3) is 4.11. The Balaban J connectivity index is 1.77. The van der Waals surface area contributed by atoms with E-state index in [2.05, 4.69) is 4.74 Å². The number of esters is 1. The third-order valence-corrected chi connectivity index (χ3v) is 3.98. The van der Waals surface area contributed by atoms with Crippen LogP contribution in [0.15, 0.2) is 48.2 Å². The van der Waals surface area contributed by atoms with Gasteiger partial charge in [-0.15, -0.1) is 0 Å². The molecule has 140 valence electrons. The van der Waals surface area contributed by atoms with Crippen LogP contribution in [0.3, 0.4) is 0 Å². The maximum absolute atomic E-state index is 12.5. The van der Waals surface area contributed by atoms with Gasteiger partial charge in [-0.2, -0.15) is 0 Å². The number of allylic oxidation sites excluding steroid dienone is 1. The summed E-state index contributed by atoms with van der Waals surface area (Å²) in [5.41, 5.74) is 1.27. The molecular weight excluding hydrogens is 348 g/mol. The molecule has 6 heteroatoms. The van der Waals surface area contributed by atoms with Crippen LogP contribution >= 0.6 is 0 Å². The summed E-state index contributed by atoms with van der Waals surface area (Å²) in [7, 11) is 1.30. The molecular formula is C21H20O6. The van der Waals surface area contributed by atoms with Crippen LogP contribution in [0.4, 0.5) is 0 Å². The van der Waals surface area contributed by atoms with Gasteiger partial charge in [0.1, 0.15) is 17.2 Å². The number of ketones is 1. The molecule has 3 rings (SSSR count). The molecule has 0 saturated heterocycles. The van der Waals surface area contributed by atoms with Crippen LogP contribution in [-0.2, 0) is 9.53 Å². The zero-order chi connectivity index (χ0) is 19.4. The van der Waals surface area contributed by atoms with Gasteiger partial charge in [0.2, 0.25) is 5.78 Å². The number of carbonyl (C=O) groups excluding carboxylic acids is 2. The van der Waals surface area contributed by atoms with Crippen LogP contribution in [0.1, 0.15) is 29.8 Å². The van der Waals surface area contributed by atoms with Gasteiger partial charge in [0.25, 0.3) is 0 Å². The van der Waals surface area contributed by atoms with E-state index in [4.69, 9.17) is 14.2 Å². The second kappa shape index (κ2) is 7.95. The first kappa shape index (κ1) is 18.5. The van der Waals surface area contributed by atoms with Gasteiger partial charge >= 0.3 is 5.97 Å². The summed E-state index contributed by atoms with van der Waals surface area (Å²) in [4.78, 5) is 24.0. The summed E-state index contributed by atoms with van der Waals surface area (Å²) < 4.78 is 21.3. The number of fused-ring (bicyclic) bond motifs is 1. The Morgan fingerprint density at radius 1 is 1.15 bits per heavy atom. The fourth-order valence-electron chi connectivity index (χ4n) is 2.64. The van der Waals surface area contributed by atoms with Crippen molar-refractivity contribution in [1.82, 2.24) is 0 Å². The number of hydrogen-bond donors (Lipinski definition) is 0. The van der Waals surface area contributed by atoms with Gasteiger partial charge in [-0.25, -0.2) is 4.79 Å². The second-order valence-corrected chi connectivity index (χ2v) is 5.88. The molecule has 1 aliphatic heterocycles. The van der Waals surface area contributed by atoms with E-state index in [1.165, 1.54) is 7.11 Å². The number of carbonyl (C=O) groups is 2. The van der Waals surface area contributed by atoms with Gasteiger partial charge in [0.15, 0.2) is 11.9 Å². The number of benzene rings is 2. The van der Waals surface area contributed by atoms with Gasteiger partial charge < -0.3 is 18.9 Å². The predicted octanol–water partition coefficient (Wildman–Crippen LogP) is 3.64. The Labute approximate surface area is 157 Å². The minimum absolute atomic E-state index is 0.202. The summed E-state index contributed by atoms with van der Waals surface area (Å²) in [6.07, 6.45) is 0.916. The van der Waals surface area contributed by atoms with E-state index in [9.17, 15) is 9.59 Å². The lowest BCUT2D eigenvalue weighted by atomic mass is 10.1. The molecule has 0 radical (unpaired) electrons. The molecule has 2 aromatic rings. The number of hydrogen-bond acceptors (Lipinski definition) is 6. The van der Waals surface area contributed by atoms with Crippen LogP contribution < -0.4 is 14.2 Å². The highest BCUT2D eigenvalue weighted by atomic mass is 16.6. The van der Waals surface area contributed by atoms with Crippen LogP contribution in [0.5, 0.6) is 17.2 Å². The second-order valence-electron chi connectivity index (χ2n) is 5.88. The molecule has 0 fully saturated rings. The Bertz CT molecular complexity index is 882. The number of Topliss-reactive ketones (excluding diaryl/α,β-unsaturated/α-hetero) is 1. The lowest BCUT2D eigenvalue weighted by molar-refractivity contribution is -0.147. The standard InChI is InChI=1S/C21H20O6/c1-4-25-15-7-5-14(6-8-15)11-19-20(22)17-10-9-16(12-18(17)27-19)26-13(2)21(23)24-3/h5-13H,4H2,1-3H3/t13-/m0/s1. The minimum atomic E-state index is -0.760. The summed E-state index contributed by atoms with van der Waals surface area (Å²) in [6, 6.07) is 12.2. The Morgan fingerprint density at radius 3 is 2.52 bits per heavy atom. The molecule has 0 aliphatic carbocycles. The highest BCUT2D eigenvalue weighted by Crippen LogP contribution is 2.35. The van der Waals surface area contributed by atoms with E-state index in [1.54, 1.807) is 31.2 Å². The van der Waals surface area contributed by atoms with Crippen molar-refractivity contribution < 1.29 is 28.5 Å². The molecule has 0 aromatic heterocycles. The zero-order valence-corrected chi connectivity index (χ0v) is 15.4. The van der Waals surface area contributed by atoms with Gasteiger partial charge in [0.05, 0.1) is 19.3 Å². The Kier molecular flexibility index (Phi) is 5.45. The van der Waals surface area contributed by atoms with Gasteiger partial charge in [0, 0.05) is 6.07 Å². The largest absolute Gasteiger partial charge is 0.494 e. The summed E-state index contributed by atoms with van der Waals surface area (Å²) in [5, 5.41) is 0. The Hall–Kier alpha value is -3.28. The molecule has 0 bridgehead atoms. The topological polar surface area (TPSA) is 71.1 Å². The molecule has 1 aliphatic rings. The molecule has 0 unspecified atom stereocenters. The molecule has 0 spiro atoms. The van der Waals surface area contributed by atoms with E-state index in [-0.39, 0.29) is 11.5 Å². The summed E-state index contributed by atoms with van der Waals surface area (Å²) >= 11 is 0. The van der Waals surface area contributed by atoms with Crippen LogP contribution in [0.2, 0.25) is 0 Å². The van der Waals surface area contributed by atoms with Crippen molar-refractivity contribution >= 4 is 17.8 Å². The van der Waals surface area contributed by atoms with Gasteiger partial charge in [-0.05, 0) is 49.8 Å². The maximum atomic E-state index is 12.5. The van der Waals surface area contributed by atoms with Crippen LogP contribution in [0.25, 0.3) is 6.08 Å².